The van der Waals surface area contributed by atoms with Gasteiger partial charge in [-0.3, -0.25) is 14.6 Å². The van der Waals surface area contributed by atoms with Crippen LogP contribution in [0.4, 0.5) is 17.2 Å². The van der Waals surface area contributed by atoms with Gasteiger partial charge in [-0.25, -0.2) is 9.97 Å². The zero-order valence-corrected chi connectivity index (χ0v) is 21.4. The molecule has 1 saturated heterocycles. The van der Waals surface area contributed by atoms with Crippen molar-refractivity contribution < 1.29 is 9.59 Å². The molecule has 194 valence electrons. The second-order valence-electron chi connectivity index (χ2n) is 9.78. The Balaban J connectivity index is 1.11. The molecular weight excluding hydrogens is 488 g/mol. The molecule has 1 aliphatic heterocycles. The van der Waals surface area contributed by atoms with Crippen LogP contribution < -0.4 is 10.2 Å². The van der Waals surface area contributed by atoms with Crippen molar-refractivity contribution in [2.45, 2.75) is 19.3 Å². The number of aromatic nitrogens is 4. The average Bonchev–Trinajstić information content (AvgIpc) is 3.44. The van der Waals surface area contributed by atoms with Gasteiger partial charge in [-0.2, -0.15) is 0 Å². The molecule has 4 heterocycles. The number of ketones is 2. The van der Waals surface area contributed by atoms with Crippen LogP contribution in [0.3, 0.4) is 0 Å². The van der Waals surface area contributed by atoms with Crippen LogP contribution in [-0.4, -0.2) is 44.6 Å². The van der Waals surface area contributed by atoms with Crippen LogP contribution in [0.1, 0.15) is 34.3 Å². The number of H-pyrrole nitrogens is 1. The monoisotopic (exact) mass is 516 g/mol. The largest absolute Gasteiger partial charge is 0.371 e. The standard InChI is InChI=1S/C31H28N6O2/c38-27(22-12-16-37(17-13-22)25-10-14-32-15-11-25)18-21-6-8-24(9-7-21)36-31-28-26(19-33-30(28)34-20-35-31)29(39)23-4-2-1-3-5-23/h1-11,14-15,19-20,22H,12-13,16-18H2,(H2,33,34,35,36). The molecule has 6 rings (SSSR count). The van der Waals surface area contributed by atoms with E-state index in [9.17, 15) is 9.59 Å². The molecule has 1 fully saturated rings. The summed E-state index contributed by atoms with van der Waals surface area (Å²) < 4.78 is 0. The second kappa shape index (κ2) is 10.9. The first-order valence-corrected chi connectivity index (χ1v) is 13.1. The third-order valence-electron chi connectivity index (χ3n) is 7.32. The summed E-state index contributed by atoms with van der Waals surface area (Å²) >= 11 is 0. The molecule has 5 aromatic rings. The Morgan fingerprint density at radius 3 is 2.41 bits per heavy atom. The summed E-state index contributed by atoms with van der Waals surface area (Å²) in [4.78, 5) is 44.4. The first-order chi connectivity index (χ1) is 19.2. The number of nitrogens with one attached hydrogen (secondary N) is 2. The van der Waals surface area contributed by atoms with E-state index < -0.39 is 0 Å². The molecule has 0 aliphatic carbocycles. The minimum Gasteiger partial charge on any atom is -0.371 e. The highest BCUT2D eigenvalue weighted by molar-refractivity contribution is 6.18. The van der Waals surface area contributed by atoms with Gasteiger partial charge >= 0.3 is 0 Å². The molecule has 0 bridgehead atoms. The van der Waals surface area contributed by atoms with Crippen molar-refractivity contribution in [1.82, 2.24) is 19.9 Å². The van der Waals surface area contributed by atoms with E-state index in [1.807, 2.05) is 54.6 Å². The molecule has 1 aliphatic rings. The van der Waals surface area contributed by atoms with E-state index in [-0.39, 0.29) is 11.7 Å². The van der Waals surface area contributed by atoms with Gasteiger partial charge in [-0.1, -0.05) is 42.5 Å². The Morgan fingerprint density at radius 2 is 1.67 bits per heavy atom. The number of Topliss-reactive ketones (excluding diaryl/α,β-unsaturated/α-hetero) is 1. The molecule has 0 atom stereocenters. The van der Waals surface area contributed by atoms with Gasteiger partial charge in [0.25, 0.3) is 0 Å². The number of hydrogen-bond acceptors (Lipinski definition) is 7. The SMILES string of the molecule is O=C(c1ccccc1)c1c[nH]c2ncnc(Nc3ccc(CC(=O)C4CCN(c5ccncc5)CC4)cc3)c12. The summed E-state index contributed by atoms with van der Waals surface area (Å²) in [6.45, 7) is 1.76. The first-order valence-electron chi connectivity index (χ1n) is 13.1. The fourth-order valence-corrected chi connectivity index (χ4v) is 5.18. The summed E-state index contributed by atoms with van der Waals surface area (Å²) in [7, 11) is 0. The number of carbonyl (C=O) groups is 2. The maximum absolute atomic E-state index is 13.2. The lowest BCUT2D eigenvalue weighted by Gasteiger charge is -2.33. The third kappa shape index (κ3) is 5.27. The van der Waals surface area contributed by atoms with Crippen molar-refractivity contribution in [3.05, 3.63) is 108 Å². The Morgan fingerprint density at radius 1 is 0.923 bits per heavy atom. The average molecular weight is 517 g/mol. The molecule has 2 aromatic carbocycles. The van der Waals surface area contributed by atoms with Crippen LogP contribution in [-0.2, 0) is 11.2 Å². The number of carbonyl (C=O) groups excluding carboxylic acids is 2. The Labute approximate surface area is 226 Å². The number of fused-ring (bicyclic) bond motifs is 1. The van der Waals surface area contributed by atoms with E-state index in [1.165, 1.54) is 6.33 Å². The molecule has 0 saturated carbocycles. The number of anilines is 3. The lowest BCUT2D eigenvalue weighted by molar-refractivity contribution is -0.122. The molecule has 0 radical (unpaired) electrons. The molecule has 8 nitrogen and oxygen atoms in total. The Hall–Kier alpha value is -4.85. The van der Waals surface area contributed by atoms with E-state index in [0.29, 0.717) is 40.2 Å². The van der Waals surface area contributed by atoms with Crippen LogP contribution >= 0.6 is 0 Å². The highest BCUT2D eigenvalue weighted by Gasteiger charge is 2.25. The van der Waals surface area contributed by atoms with Crippen LogP contribution in [0.5, 0.6) is 0 Å². The number of piperidine rings is 1. The van der Waals surface area contributed by atoms with Crippen molar-refractivity contribution in [3.8, 4) is 0 Å². The molecule has 3 aromatic heterocycles. The maximum Gasteiger partial charge on any atom is 0.195 e. The zero-order valence-electron chi connectivity index (χ0n) is 21.4. The van der Waals surface area contributed by atoms with E-state index >= 15 is 0 Å². The Bertz CT molecular complexity index is 1590. The summed E-state index contributed by atoms with van der Waals surface area (Å²) in [5.41, 5.74) is 4.66. The normalized spacial score (nSPS) is 13.9. The van der Waals surface area contributed by atoms with E-state index in [4.69, 9.17) is 0 Å². The number of pyridine rings is 1. The number of hydrogen-bond donors (Lipinski definition) is 2. The van der Waals surface area contributed by atoms with Gasteiger partial charge in [0.15, 0.2) is 5.78 Å². The smallest absolute Gasteiger partial charge is 0.195 e. The number of benzene rings is 2. The van der Waals surface area contributed by atoms with Crippen LogP contribution in [0, 0.1) is 5.92 Å². The first kappa shape index (κ1) is 24.5. The highest BCUT2D eigenvalue weighted by Crippen LogP contribution is 2.29. The molecule has 8 heteroatoms. The van der Waals surface area contributed by atoms with E-state index in [2.05, 4.69) is 30.2 Å². The van der Waals surface area contributed by atoms with Gasteiger partial charge in [-0.15, -0.1) is 0 Å². The zero-order chi connectivity index (χ0) is 26.6. The minimum absolute atomic E-state index is 0.0874. The van der Waals surface area contributed by atoms with Gasteiger partial charge in [-0.05, 0) is 42.7 Å². The molecule has 0 spiro atoms. The predicted octanol–water partition coefficient (Wildman–Crippen LogP) is 5.36. The van der Waals surface area contributed by atoms with Crippen LogP contribution in [0.2, 0.25) is 0 Å². The predicted molar refractivity (Wildman–Crippen MR) is 151 cm³/mol. The topological polar surface area (TPSA) is 104 Å². The molecule has 0 amide bonds. The number of nitrogens with zero attached hydrogens (tertiary/aromatic N) is 4. The second-order valence-corrected chi connectivity index (χ2v) is 9.78. The van der Waals surface area contributed by atoms with Crippen molar-refractivity contribution in [1.29, 1.82) is 0 Å². The fourth-order valence-electron chi connectivity index (χ4n) is 5.18. The summed E-state index contributed by atoms with van der Waals surface area (Å²) in [5, 5.41) is 3.97. The lowest BCUT2D eigenvalue weighted by Crippen LogP contribution is -2.36. The third-order valence-corrected chi connectivity index (χ3v) is 7.32. The van der Waals surface area contributed by atoms with Crippen molar-refractivity contribution in [2.75, 3.05) is 23.3 Å². The maximum atomic E-state index is 13.2. The lowest BCUT2D eigenvalue weighted by atomic mass is 9.89. The molecule has 39 heavy (non-hydrogen) atoms. The van der Waals surface area contributed by atoms with Crippen molar-refractivity contribution in [3.63, 3.8) is 0 Å². The van der Waals surface area contributed by atoms with E-state index in [0.717, 1.165) is 42.9 Å². The summed E-state index contributed by atoms with van der Waals surface area (Å²) in [6, 6.07) is 21.0. The molecular formula is C31H28N6O2. The van der Waals surface area contributed by atoms with Gasteiger partial charge in [0.2, 0.25) is 0 Å². The van der Waals surface area contributed by atoms with Gasteiger partial charge in [0.05, 0.1) is 10.9 Å². The van der Waals surface area contributed by atoms with Gasteiger partial charge in [0, 0.05) is 61.0 Å². The fraction of sp³-hybridized carbons (Fsp3) is 0.194. The van der Waals surface area contributed by atoms with Gasteiger partial charge in [0.1, 0.15) is 23.6 Å². The Kier molecular flexibility index (Phi) is 6.82. The van der Waals surface area contributed by atoms with Crippen LogP contribution in [0.25, 0.3) is 11.0 Å². The van der Waals surface area contributed by atoms with Crippen molar-refractivity contribution in [2.24, 2.45) is 5.92 Å². The van der Waals surface area contributed by atoms with Crippen LogP contribution in [0.15, 0.2) is 91.6 Å². The molecule has 2 N–H and O–H groups in total. The molecule has 0 unspecified atom stereocenters. The number of aromatic amines is 1. The number of rotatable bonds is 8. The summed E-state index contributed by atoms with van der Waals surface area (Å²) in [5.74, 6) is 0.828. The highest BCUT2D eigenvalue weighted by atomic mass is 16.1. The quantitative estimate of drug-likeness (QED) is 0.268. The summed E-state index contributed by atoms with van der Waals surface area (Å²) in [6.07, 6.45) is 8.91. The van der Waals surface area contributed by atoms with E-state index in [1.54, 1.807) is 30.7 Å². The van der Waals surface area contributed by atoms with Crippen molar-refractivity contribution >= 4 is 39.8 Å². The minimum atomic E-state index is -0.0971. The van der Waals surface area contributed by atoms with Gasteiger partial charge < -0.3 is 15.2 Å².